The number of unbranched alkanes of at least 4 members (excludes halogenated alkanes) is 1. The number of benzene rings is 1. The van der Waals surface area contributed by atoms with Crippen LogP contribution in [0.3, 0.4) is 0 Å². The molecule has 2 heterocycles. The summed E-state index contributed by atoms with van der Waals surface area (Å²) >= 11 is 2.52. The molecule has 1 aromatic heterocycles. The van der Waals surface area contributed by atoms with Gasteiger partial charge in [-0.3, -0.25) is 9.59 Å². The normalized spacial score (nSPS) is 17.8. The number of nitrogens with two attached hydrogens (primary N) is 1. The van der Waals surface area contributed by atoms with Gasteiger partial charge in [-0.25, -0.2) is 9.79 Å². The minimum Gasteiger partial charge on any atom is -0.497 e. The number of thiophene rings is 1. The molecule has 1 aliphatic carbocycles. The van der Waals surface area contributed by atoms with Gasteiger partial charge in [-0.2, -0.15) is 0 Å². The lowest BCUT2D eigenvalue weighted by molar-refractivity contribution is -0.117. The number of amides is 2. The Morgan fingerprint density at radius 1 is 1.13 bits per heavy atom. The first-order valence-corrected chi connectivity index (χ1v) is 14.3. The number of hydrogen-bond acceptors (Lipinski definition) is 9. The van der Waals surface area contributed by atoms with E-state index >= 15 is 0 Å². The quantitative estimate of drug-likeness (QED) is 0.309. The number of methoxy groups -OCH3 is 2. The van der Waals surface area contributed by atoms with Gasteiger partial charge in [0.05, 0.1) is 31.0 Å². The van der Waals surface area contributed by atoms with Crippen LogP contribution in [0.4, 0.5) is 10.7 Å². The smallest absolute Gasteiger partial charge is 0.341 e. The van der Waals surface area contributed by atoms with E-state index in [2.05, 4.69) is 15.6 Å². The number of esters is 1. The van der Waals surface area contributed by atoms with Crippen molar-refractivity contribution in [2.24, 2.45) is 10.7 Å². The van der Waals surface area contributed by atoms with Crippen molar-refractivity contribution in [1.82, 2.24) is 5.32 Å². The summed E-state index contributed by atoms with van der Waals surface area (Å²) < 4.78 is 10.2. The van der Waals surface area contributed by atoms with E-state index in [0.29, 0.717) is 33.6 Å². The van der Waals surface area contributed by atoms with Crippen LogP contribution < -0.4 is 21.1 Å². The molecule has 1 atom stereocenters. The molecule has 2 amide bonds. The molecule has 202 valence electrons. The Hall–Kier alpha value is -3.31. The number of ether oxygens (including phenoxy) is 2. The number of anilines is 1. The summed E-state index contributed by atoms with van der Waals surface area (Å²) in [7, 11) is 2.91. The molecular weight excluding hydrogens is 524 g/mol. The van der Waals surface area contributed by atoms with Crippen molar-refractivity contribution in [2.45, 2.75) is 50.7 Å². The van der Waals surface area contributed by atoms with Gasteiger partial charge in [0.2, 0.25) is 5.91 Å². The Kier molecular flexibility index (Phi) is 9.11. The molecule has 2 aliphatic rings. The highest BCUT2D eigenvalue weighted by atomic mass is 32.2. The Morgan fingerprint density at radius 3 is 2.55 bits per heavy atom. The SMILES string of the molecule is CCCCNC(=O)C1=C(N)[C@@H](C(=O)Nc2sc3c(c2C(=O)OC)CCCC3)SC1=Nc1ccc(OC)cc1. The number of carbonyl (C=O) groups is 3. The minimum atomic E-state index is -0.886. The summed E-state index contributed by atoms with van der Waals surface area (Å²) in [6.07, 6.45) is 5.40. The highest BCUT2D eigenvalue weighted by Crippen LogP contribution is 2.40. The van der Waals surface area contributed by atoms with Gasteiger partial charge < -0.3 is 25.8 Å². The van der Waals surface area contributed by atoms with Gasteiger partial charge in [0.15, 0.2) is 0 Å². The average Bonchev–Trinajstić information content (AvgIpc) is 3.45. The van der Waals surface area contributed by atoms with Crippen molar-refractivity contribution in [3.63, 3.8) is 0 Å². The lowest BCUT2D eigenvalue weighted by Gasteiger charge is -2.13. The molecule has 2 aromatic rings. The second-order valence-electron chi connectivity index (χ2n) is 8.95. The van der Waals surface area contributed by atoms with E-state index in [1.54, 1.807) is 31.4 Å². The molecule has 0 spiro atoms. The minimum absolute atomic E-state index is 0.134. The van der Waals surface area contributed by atoms with E-state index in [1.165, 1.54) is 18.4 Å². The van der Waals surface area contributed by atoms with Crippen molar-refractivity contribution in [3.8, 4) is 5.75 Å². The lowest BCUT2D eigenvalue weighted by atomic mass is 9.95. The molecule has 1 aromatic carbocycles. The molecule has 38 heavy (non-hydrogen) atoms. The number of hydrogen-bond donors (Lipinski definition) is 3. The van der Waals surface area contributed by atoms with E-state index < -0.39 is 17.1 Å². The van der Waals surface area contributed by atoms with Crippen molar-refractivity contribution < 1.29 is 23.9 Å². The zero-order valence-corrected chi connectivity index (χ0v) is 23.4. The topological polar surface area (TPSA) is 132 Å². The molecule has 9 nitrogen and oxygen atoms in total. The number of nitrogens with zero attached hydrogens (tertiary/aromatic N) is 1. The predicted molar refractivity (Wildman–Crippen MR) is 152 cm³/mol. The molecule has 11 heteroatoms. The monoisotopic (exact) mass is 556 g/mol. The summed E-state index contributed by atoms with van der Waals surface area (Å²) in [4.78, 5) is 45.0. The van der Waals surface area contributed by atoms with Crippen molar-refractivity contribution in [2.75, 3.05) is 26.1 Å². The second-order valence-corrected chi connectivity index (χ2v) is 11.1. The summed E-state index contributed by atoms with van der Waals surface area (Å²) in [6, 6.07) is 7.07. The van der Waals surface area contributed by atoms with Crippen molar-refractivity contribution in [1.29, 1.82) is 0 Å². The second kappa shape index (κ2) is 12.5. The highest BCUT2D eigenvalue weighted by Gasteiger charge is 2.39. The molecule has 0 saturated carbocycles. The fourth-order valence-electron chi connectivity index (χ4n) is 4.38. The number of thioether (sulfide) groups is 1. The standard InChI is InChI=1S/C27H32N4O5S2/c1-4-5-14-29-23(32)20-21(28)22(38-26(20)30-15-10-12-16(35-2)13-11-15)24(33)31-25-19(27(34)36-3)17-8-6-7-9-18(17)37-25/h10-13,22H,4-9,14,28H2,1-3H3,(H,29,32)(H,31,33)/t22-/m0/s1. The van der Waals surface area contributed by atoms with Gasteiger partial charge in [-0.1, -0.05) is 25.1 Å². The Labute approximate surface area is 230 Å². The molecule has 0 saturated heterocycles. The van der Waals surface area contributed by atoms with Gasteiger partial charge >= 0.3 is 5.97 Å². The summed E-state index contributed by atoms with van der Waals surface area (Å²) in [5, 5.41) is 5.72. The van der Waals surface area contributed by atoms with Gasteiger partial charge in [-0.05, 0) is 61.9 Å². The number of aryl methyl sites for hydroxylation is 1. The molecule has 4 rings (SSSR count). The maximum absolute atomic E-state index is 13.5. The van der Waals surface area contributed by atoms with Crippen LogP contribution in [0.2, 0.25) is 0 Å². The van der Waals surface area contributed by atoms with Gasteiger partial charge in [-0.15, -0.1) is 11.3 Å². The van der Waals surface area contributed by atoms with Crippen LogP contribution >= 0.6 is 23.1 Å². The third-order valence-electron chi connectivity index (χ3n) is 6.40. The molecule has 0 fully saturated rings. The molecule has 0 unspecified atom stereocenters. The third kappa shape index (κ3) is 5.88. The molecule has 0 radical (unpaired) electrons. The van der Waals surface area contributed by atoms with E-state index in [1.807, 2.05) is 6.92 Å². The van der Waals surface area contributed by atoms with E-state index in [9.17, 15) is 14.4 Å². The largest absolute Gasteiger partial charge is 0.497 e. The summed E-state index contributed by atoms with van der Waals surface area (Å²) in [5.74, 6) is -0.583. The maximum Gasteiger partial charge on any atom is 0.341 e. The molecule has 1 aliphatic heterocycles. The summed E-state index contributed by atoms with van der Waals surface area (Å²) in [5.41, 5.74) is 8.73. The molecular formula is C27H32N4O5S2. The first kappa shape index (κ1) is 27.7. The first-order valence-electron chi connectivity index (χ1n) is 12.6. The number of aliphatic imine (C=N–C) groups is 1. The summed E-state index contributed by atoms with van der Waals surface area (Å²) in [6.45, 7) is 2.53. The zero-order chi connectivity index (χ0) is 27.2. The van der Waals surface area contributed by atoms with Crippen molar-refractivity contribution in [3.05, 3.63) is 51.5 Å². The fourth-order valence-corrected chi connectivity index (χ4v) is 6.79. The predicted octanol–water partition coefficient (Wildman–Crippen LogP) is 4.34. The Bertz CT molecular complexity index is 1280. The number of fused-ring (bicyclic) bond motifs is 1. The van der Waals surface area contributed by atoms with E-state index in [4.69, 9.17) is 15.2 Å². The van der Waals surface area contributed by atoms with Crippen molar-refractivity contribution >= 4 is 56.6 Å². The third-order valence-corrected chi connectivity index (χ3v) is 8.83. The van der Waals surface area contributed by atoms with E-state index in [-0.39, 0.29) is 17.2 Å². The van der Waals surface area contributed by atoms with Gasteiger partial charge in [0.1, 0.15) is 21.0 Å². The number of nitrogens with one attached hydrogen (secondary N) is 2. The number of carbonyl (C=O) groups excluding carboxylic acids is 3. The van der Waals surface area contributed by atoms with Gasteiger partial charge in [0, 0.05) is 17.1 Å². The van der Waals surface area contributed by atoms with Crippen LogP contribution in [0.1, 0.15) is 53.4 Å². The lowest BCUT2D eigenvalue weighted by Crippen LogP contribution is -2.32. The Morgan fingerprint density at radius 2 is 1.87 bits per heavy atom. The van der Waals surface area contributed by atoms with Crippen LogP contribution in [0.15, 0.2) is 40.5 Å². The number of rotatable bonds is 9. The first-order chi connectivity index (χ1) is 18.4. The van der Waals surface area contributed by atoms with Crippen LogP contribution in [-0.4, -0.2) is 48.8 Å². The highest BCUT2D eigenvalue weighted by molar-refractivity contribution is 8.16. The van der Waals surface area contributed by atoms with Crippen LogP contribution in [0.5, 0.6) is 5.75 Å². The molecule has 0 bridgehead atoms. The van der Waals surface area contributed by atoms with Gasteiger partial charge in [0.25, 0.3) is 5.91 Å². The fraction of sp³-hybridized carbons (Fsp3) is 0.407. The zero-order valence-electron chi connectivity index (χ0n) is 21.7. The van der Waals surface area contributed by atoms with Crippen LogP contribution in [-0.2, 0) is 27.2 Å². The Balaban J connectivity index is 1.64. The average molecular weight is 557 g/mol. The van der Waals surface area contributed by atoms with Crippen LogP contribution in [0.25, 0.3) is 0 Å². The van der Waals surface area contributed by atoms with E-state index in [0.717, 1.165) is 60.7 Å². The molecule has 4 N–H and O–H groups in total. The maximum atomic E-state index is 13.5. The van der Waals surface area contributed by atoms with Crippen LogP contribution in [0, 0.1) is 0 Å².